The summed E-state index contributed by atoms with van der Waals surface area (Å²) < 4.78 is 44.3. The van der Waals surface area contributed by atoms with E-state index in [1.54, 1.807) is 19.1 Å². The quantitative estimate of drug-likeness (QED) is 0.124. The van der Waals surface area contributed by atoms with Crippen molar-refractivity contribution in [1.29, 1.82) is 0 Å². The second-order valence-electron chi connectivity index (χ2n) is 12.3. The summed E-state index contributed by atoms with van der Waals surface area (Å²) in [6.07, 6.45) is 2.19. The first kappa shape index (κ1) is 33.9. The van der Waals surface area contributed by atoms with Gasteiger partial charge in [-0.2, -0.15) is 8.42 Å². The maximum atomic E-state index is 13.2. The van der Waals surface area contributed by atoms with Gasteiger partial charge in [0.25, 0.3) is 0 Å². The number of benzene rings is 3. The molecule has 0 spiro atoms. The Morgan fingerprint density at radius 2 is 1.67 bits per heavy atom. The smallest absolute Gasteiger partial charge is 0.339 e. The van der Waals surface area contributed by atoms with E-state index in [0.29, 0.717) is 29.7 Å². The van der Waals surface area contributed by atoms with Gasteiger partial charge < -0.3 is 18.5 Å². The maximum Gasteiger partial charge on any atom is 0.339 e. The molecular formula is C35H44O6SSi. The van der Waals surface area contributed by atoms with Crippen molar-refractivity contribution in [3.05, 3.63) is 107 Å². The van der Waals surface area contributed by atoms with Crippen LogP contribution in [-0.2, 0) is 21.2 Å². The summed E-state index contributed by atoms with van der Waals surface area (Å²) in [5.41, 5.74) is 7.27. The summed E-state index contributed by atoms with van der Waals surface area (Å²) in [5, 5.41) is 11.4. The molecular weight excluding hydrogens is 577 g/mol. The third-order valence-corrected chi connectivity index (χ3v) is 13.5. The van der Waals surface area contributed by atoms with Crippen LogP contribution in [0.15, 0.2) is 89.5 Å². The average molecular weight is 621 g/mol. The number of aromatic hydroxyl groups is 1. The lowest BCUT2D eigenvalue weighted by atomic mass is 10.00. The summed E-state index contributed by atoms with van der Waals surface area (Å²) in [7, 11) is -6.04. The molecule has 0 unspecified atom stereocenters. The fourth-order valence-corrected chi connectivity index (χ4v) is 5.84. The van der Waals surface area contributed by atoms with E-state index in [1.807, 2.05) is 50.3 Å². The third-order valence-electron chi connectivity index (χ3n) is 7.72. The molecule has 0 saturated carbocycles. The Labute approximate surface area is 258 Å². The van der Waals surface area contributed by atoms with E-state index in [-0.39, 0.29) is 33.8 Å². The van der Waals surface area contributed by atoms with Crippen molar-refractivity contribution in [2.45, 2.75) is 77.6 Å². The van der Waals surface area contributed by atoms with Crippen molar-refractivity contribution in [3.8, 4) is 17.2 Å². The molecule has 0 radical (unpaired) electrons. The number of ether oxygens (including phenoxy) is 1. The summed E-state index contributed by atoms with van der Waals surface area (Å²) in [4.78, 5) is 0.0289. The van der Waals surface area contributed by atoms with E-state index < -0.39 is 18.4 Å². The monoisotopic (exact) mass is 620 g/mol. The number of phenolic OH excluding ortho intramolecular Hbond substituents is 1. The highest BCUT2D eigenvalue weighted by atomic mass is 32.2. The highest BCUT2D eigenvalue weighted by Crippen LogP contribution is 2.44. The lowest BCUT2D eigenvalue weighted by molar-refractivity contribution is 0.285. The first-order valence-corrected chi connectivity index (χ1v) is 18.6. The highest BCUT2D eigenvalue weighted by molar-refractivity contribution is 7.87. The van der Waals surface area contributed by atoms with Crippen LogP contribution in [0.25, 0.3) is 5.57 Å². The van der Waals surface area contributed by atoms with Crippen LogP contribution in [0.1, 0.15) is 56.4 Å². The predicted octanol–water partition coefficient (Wildman–Crippen LogP) is 8.88. The number of hydrogen-bond donors (Lipinski definition) is 1. The summed E-state index contributed by atoms with van der Waals surface area (Å²) in [6, 6.07) is 17.4. The fourth-order valence-electron chi connectivity index (χ4n) is 3.86. The van der Waals surface area contributed by atoms with Gasteiger partial charge in [-0.05, 0) is 86.3 Å². The van der Waals surface area contributed by atoms with Crippen LogP contribution in [0.5, 0.6) is 17.2 Å². The summed E-state index contributed by atoms with van der Waals surface area (Å²) >= 11 is 0. The molecule has 0 fully saturated rings. The van der Waals surface area contributed by atoms with Gasteiger partial charge in [-0.3, -0.25) is 0 Å². The van der Waals surface area contributed by atoms with Crippen molar-refractivity contribution in [2.75, 3.05) is 6.61 Å². The number of aryl methyl sites for hydroxylation is 1. The van der Waals surface area contributed by atoms with Crippen LogP contribution in [0.4, 0.5) is 0 Å². The van der Waals surface area contributed by atoms with E-state index in [1.165, 1.54) is 18.2 Å². The number of rotatable bonds is 12. The van der Waals surface area contributed by atoms with Gasteiger partial charge in [0.05, 0.1) is 6.61 Å². The minimum Gasteiger partial charge on any atom is -0.504 e. The van der Waals surface area contributed by atoms with Gasteiger partial charge in [-0.25, -0.2) is 0 Å². The van der Waals surface area contributed by atoms with Gasteiger partial charge in [0.15, 0.2) is 19.8 Å². The number of allylic oxidation sites excluding steroid dienone is 1. The molecule has 0 aliphatic heterocycles. The van der Waals surface area contributed by atoms with Crippen LogP contribution >= 0.6 is 0 Å². The number of hydrogen-bond acceptors (Lipinski definition) is 6. The fraction of sp³-hybridized carbons (Fsp3) is 0.343. The van der Waals surface area contributed by atoms with Crippen molar-refractivity contribution >= 4 is 24.0 Å². The zero-order chi connectivity index (χ0) is 32.0. The zero-order valence-corrected chi connectivity index (χ0v) is 28.4. The molecule has 3 aromatic carbocycles. The molecule has 0 bridgehead atoms. The second kappa shape index (κ2) is 13.8. The Bertz CT molecular complexity index is 1610. The van der Waals surface area contributed by atoms with Gasteiger partial charge in [0, 0.05) is 11.1 Å². The third kappa shape index (κ3) is 8.97. The molecule has 230 valence electrons. The molecule has 0 atom stereocenters. The Balaban J connectivity index is 1.93. The van der Waals surface area contributed by atoms with Gasteiger partial charge in [0.1, 0.15) is 17.3 Å². The van der Waals surface area contributed by atoms with Crippen molar-refractivity contribution < 1.29 is 26.9 Å². The van der Waals surface area contributed by atoms with Crippen LogP contribution in [0, 0.1) is 13.8 Å². The van der Waals surface area contributed by atoms with Crippen LogP contribution < -0.4 is 8.92 Å². The van der Waals surface area contributed by atoms with E-state index in [0.717, 1.165) is 16.7 Å². The van der Waals surface area contributed by atoms with Crippen LogP contribution in [0.2, 0.25) is 18.1 Å². The van der Waals surface area contributed by atoms with Gasteiger partial charge in [-0.1, -0.05) is 75.4 Å². The minimum atomic E-state index is -4.15. The lowest BCUT2D eigenvalue weighted by Gasteiger charge is -2.36. The first-order valence-electron chi connectivity index (χ1n) is 14.3. The van der Waals surface area contributed by atoms with Gasteiger partial charge in [-0.15, -0.1) is 5.73 Å². The predicted molar refractivity (Wildman–Crippen MR) is 177 cm³/mol. The molecule has 0 aliphatic rings. The second-order valence-corrected chi connectivity index (χ2v) is 18.7. The summed E-state index contributed by atoms with van der Waals surface area (Å²) in [5.74, 6) is 0.0556. The van der Waals surface area contributed by atoms with Crippen molar-refractivity contribution in [2.24, 2.45) is 0 Å². The Morgan fingerprint density at radius 1 is 1.05 bits per heavy atom. The average Bonchev–Trinajstić information content (AvgIpc) is 2.93. The Kier molecular flexibility index (Phi) is 10.9. The van der Waals surface area contributed by atoms with E-state index in [9.17, 15) is 13.5 Å². The van der Waals surface area contributed by atoms with Crippen LogP contribution in [0.3, 0.4) is 0 Å². The largest absolute Gasteiger partial charge is 0.504 e. The number of phenols is 1. The standard InChI is InChI=1S/C35H44O6SSi/c1-25-18-20-30(21-19-25)42(37,38)41-32-22-31(33(36)34(28(32)4)39-24-29-16-11-10-12-17-29)27(3)15-13-14-26(2)23-40-43(8,9)35(5,6)7/h10-13,16-22,36H,3,15,23-24H2,1-2,4-9H3. The van der Waals surface area contributed by atoms with Crippen molar-refractivity contribution in [3.63, 3.8) is 0 Å². The van der Waals surface area contributed by atoms with E-state index in [2.05, 4.69) is 46.2 Å². The Morgan fingerprint density at radius 3 is 2.28 bits per heavy atom. The van der Waals surface area contributed by atoms with E-state index >= 15 is 0 Å². The molecule has 1 N–H and O–H groups in total. The Hall–Kier alpha value is -3.55. The molecule has 3 rings (SSSR count). The summed E-state index contributed by atoms with van der Waals surface area (Å²) in [6.45, 7) is 21.4. The topological polar surface area (TPSA) is 82.1 Å². The molecule has 0 heterocycles. The lowest BCUT2D eigenvalue weighted by Crippen LogP contribution is -2.41. The molecule has 0 saturated heterocycles. The SMILES string of the molecule is C=C(CC=C=C(C)CO[Si](C)(C)C(C)(C)C)c1cc(OS(=O)(=O)c2ccc(C)cc2)c(C)c(OCc2ccccc2)c1O. The van der Waals surface area contributed by atoms with Gasteiger partial charge in [0.2, 0.25) is 0 Å². The molecule has 8 heteroatoms. The molecule has 0 amide bonds. The minimum absolute atomic E-state index is 0.0289. The van der Waals surface area contributed by atoms with Crippen LogP contribution in [-0.4, -0.2) is 28.4 Å². The molecule has 43 heavy (non-hydrogen) atoms. The molecule has 6 nitrogen and oxygen atoms in total. The molecule has 3 aromatic rings. The first-order chi connectivity index (χ1) is 20.0. The molecule has 0 aliphatic carbocycles. The molecule has 0 aromatic heterocycles. The van der Waals surface area contributed by atoms with E-state index in [4.69, 9.17) is 13.3 Å². The normalized spacial score (nSPS) is 11.9. The van der Waals surface area contributed by atoms with Gasteiger partial charge >= 0.3 is 10.1 Å². The van der Waals surface area contributed by atoms with Crippen molar-refractivity contribution in [1.82, 2.24) is 0 Å². The maximum absolute atomic E-state index is 13.2. The highest BCUT2D eigenvalue weighted by Gasteiger charge is 2.37. The zero-order valence-electron chi connectivity index (χ0n) is 26.6.